The van der Waals surface area contributed by atoms with Crippen LogP contribution < -0.4 is 0 Å². The number of benzene rings is 1. The van der Waals surface area contributed by atoms with E-state index in [1.54, 1.807) is 0 Å². The molecule has 1 aliphatic heterocycles. The third kappa shape index (κ3) is 2.08. The van der Waals surface area contributed by atoms with Gasteiger partial charge in [0.1, 0.15) is 0 Å². The molecule has 1 aromatic heterocycles. The van der Waals surface area contributed by atoms with Crippen LogP contribution in [0.25, 0.3) is 16.5 Å². The van der Waals surface area contributed by atoms with Crippen molar-refractivity contribution in [1.82, 2.24) is 9.88 Å². The number of nitrogens with zero attached hydrogens (tertiary/aromatic N) is 2. The third-order valence-corrected chi connectivity index (χ3v) is 3.37. The van der Waals surface area contributed by atoms with Crippen LogP contribution in [0.15, 0.2) is 42.6 Å². The Hall–Kier alpha value is -1.67. The van der Waals surface area contributed by atoms with Crippen molar-refractivity contribution in [2.75, 3.05) is 20.1 Å². The van der Waals surface area contributed by atoms with Gasteiger partial charge in [-0.1, -0.05) is 24.3 Å². The Labute approximate surface area is 102 Å². The predicted octanol–water partition coefficient (Wildman–Crippen LogP) is 2.95. The fourth-order valence-electron chi connectivity index (χ4n) is 2.28. The molecule has 1 aromatic carbocycles. The molecule has 0 N–H and O–H groups in total. The molecule has 0 unspecified atom stereocenters. The number of rotatable bonds is 1. The van der Waals surface area contributed by atoms with Crippen molar-refractivity contribution >= 4 is 16.5 Å². The van der Waals surface area contributed by atoms with Gasteiger partial charge in [-0.2, -0.15) is 0 Å². The molecule has 2 heterocycles. The fraction of sp³-hybridized carbons (Fsp3) is 0.267. The molecular weight excluding hydrogens is 208 g/mol. The van der Waals surface area contributed by atoms with E-state index >= 15 is 0 Å². The summed E-state index contributed by atoms with van der Waals surface area (Å²) < 4.78 is 0. The minimum atomic E-state index is 1.04. The summed E-state index contributed by atoms with van der Waals surface area (Å²) in [5, 5.41) is 1.23. The maximum Gasteiger partial charge on any atom is 0.0702 e. The predicted molar refractivity (Wildman–Crippen MR) is 71.8 cm³/mol. The van der Waals surface area contributed by atoms with E-state index in [1.807, 2.05) is 12.3 Å². The Bertz CT molecular complexity index is 572. The Kier molecular flexibility index (Phi) is 2.65. The van der Waals surface area contributed by atoms with Crippen LogP contribution in [-0.2, 0) is 0 Å². The molecule has 0 atom stereocenters. The second kappa shape index (κ2) is 4.30. The second-order valence-corrected chi connectivity index (χ2v) is 4.66. The first-order chi connectivity index (χ1) is 8.33. The number of pyridine rings is 1. The zero-order valence-corrected chi connectivity index (χ0v) is 10.1. The first-order valence-electron chi connectivity index (χ1n) is 6.06. The average Bonchev–Trinajstić information content (AvgIpc) is 2.39. The Morgan fingerprint density at radius 2 is 2.12 bits per heavy atom. The highest BCUT2D eigenvalue weighted by atomic mass is 15.1. The fourth-order valence-corrected chi connectivity index (χ4v) is 2.28. The molecule has 0 saturated heterocycles. The lowest BCUT2D eigenvalue weighted by molar-refractivity contribution is 0.370. The summed E-state index contributed by atoms with van der Waals surface area (Å²) in [6, 6.07) is 10.5. The molecule has 0 saturated carbocycles. The van der Waals surface area contributed by atoms with Gasteiger partial charge in [0.05, 0.1) is 5.52 Å². The summed E-state index contributed by atoms with van der Waals surface area (Å²) in [5.74, 6) is 0. The average molecular weight is 224 g/mol. The zero-order valence-electron chi connectivity index (χ0n) is 10.1. The van der Waals surface area contributed by atoms with Gasteiger partial charge < -0.3 is 4.90 Å². The molecule has 1 aliphatic rings. The van der Waals surface area contributed by atoms with E-state index < -0.39 is 0 Å². The summed E-state index contributed by atoms with van der Waals surface area (Å²) >= 11 is 0. The molecular formula is C15H16N2. The van der Waals surface area contributed by atoms with Gasteiger partial charge in [-0.25, -0.2) is 0 Å². The molecule has 17 heavy (non-hydrogen) atoms. The molecule has 3 rings (SSSR count). The topological polar surface area (TPSA) is 16.1 Å². The number of para-hydroxylation sites is 1. The quantitative estimate of drug-likeness (QED) is 0.740. The lowest BCUT2D eigenvalue weighted by atomic mass is 10.00. The molecule has 0 aliphatic carbocycles. The maximum absolute atomic E-state index is 4.52. The molecule has 2 aromatic rings. The standard InChI is InChI=1S/C15H16N2/c1-17-8-6-12(7-9-17)14-10-13-4-2-3-5-15(13)16-11-14/h2-6,10-11H,7-9H2,1H3. The van der Waals surface area contributed by atoms with E-state index in [0.717, 1.165) is 25.0 Å². The van der Waals surface area contributed by atoms with Crippen molar-refractivity contribution in [1.29, 1.82) is 0 Å². The van der Waals surface area contributed by atoms with Crippen molar-refractivity contribution in [3.63, 3.8) is 0 Å². The summed E-state index contributed by atoms with van der Waals surface area (Å²) in [4.78, 5) is 6.85. The number of fused-ring (bicyclic) bond motifs is 1. The van der Waals surface area contributed by atoms with Crippen molar-refractivity contribution in [3.8, 4) is 0 Å². The van der Waals surface area contributed by atoms with E-state index in [0.29, 0.717) is 0 Å². The van der Waals surface area contributed by atoms with Crippen LogP contribution in [0, 0.1) is 0 Å². The van der Waals surface area contributed by atoms with Crippen LogP contribution in [-0.4, -0.2) is 30.0 Å². The van der Waals surface area contributed by atoms with E-state index in [9.17, 15) is 0 Å². The van der Waals surface area contributed by atoms with Crippen LogP contribution in [0.5, 0.6) is 0 Å². The van der Waals surface area contributed by atoms with Gasteiger partial charge >= 0.3 is 0 Å². The highest BCUT2D eigenvalue weighted by Gasteiger charge is 2.10. The molecule has 2 heteroatoms. The summed E-state index contributed by atoms with van der Waals surface area (Å²) in [6.45, 7) is 2.18. The van der Waals surface area contributed by atoms with Crippen LogP contribution >= 0.6 is 0 Å². The van der Waals surface area contributed by atoms with E-state index in [4.69, 9.17) is 0 Å². The van der Waals surface area contributed by atoms with E-state index in [2.05, 4.69) is 47.3 Å². The monoisotopic (exact) mass is 224 g/mol. The number of aromatic nitrogens is 1. The smallest absolute Gasteiger partial charge is 0.0702 e. The number of hydrogen-bond donors (Lipinski definition) is 0. The van der Waals surface area contributed by atoms with Crippen LogP contribution in [0.2, 0.25) is 0 Å². The minimum absolute atomic E-state index is 1.04. The Balaban J connectivity index is 2.01. The highest BCUT2D eigenvalue weighted by molar-refractivity contribution is 5.82. The van der Waals surface area contributed by atoms with Gasteiger partial charge in [-0.05, 0) is 36.7 Å². The van der Waals surface area contributed by atoms with E-state index in [1.165, 1.54) is 16.5 Å². The van der Waals surface area contributed by atoms with Crippen molar-refractivity contribution in [3.05, 3.63) is 48.2 Å². The van der Waals surface area contributed by atoms with Crippen LogP contribution in [0.4, 0.5) is 0 Å². The maximum atomic E-state index is 4.52. The van der Waals surface area contributed by atoms with Gasteiger partial charge in [0.15, 0.2) is 0 Å². The van der Waals surface area contributed by atoms with E-state index in [-0.39, 0.29) is 0 Å². The SMILES string of the molecule is CN1CC=C(c2cnc3ccccc3c2)CC1. The second-order valence-electron chi connectivity index (χ2n) is 4.66. The summed E-state index contributed by atoms with van der Waals surface area (Å²) in [6.07, 6.45) is 5.44. The van der Waals surface area contributed by atoms with Gasteiger partial charge in [-0.15, -0.1) is 0 Å². The molecule has 0 fully saturated rings. The lowest BCUT2D eigenvalue weighted by Crippen LogP contribution is -2.23. The first-order valence-corrected chi connectivity index (χ1v) is 6.06. The molecule has 0 amide bonds. The van der Waals surface area contributed by atoms with Crippen LogP contribution in [0.3, 0.4) is 0 Å². The molecule has 86 valence electrons. The number of hydrogen-bond acceptors (Lipinski definition) is 2. The molecule has 0 bridgehead atoms. The summed E-state index contributed by atoms with van der Waals surface area (Å²) in [5.41, 5.74) is 3.78. The van der Waals surface area contributed by atoms with Gasteiger partial charge in [-0.3, -0.25) is 4.98 Å². The highest BCUT2D eigenvalue weighted by Crippen LogP contribution is 2.23. The lowest BCUT2D eigenvalue weighted by Gasteiger charge is -2.22. The first kappa shape index (κ1) is 10.5. The number of likely N-dealkylation sites (N-methyl/N-ethyl adjacent to an activating group) is 1. The third-order valence-electron chi connectivity index (χ3n) is 3.37. The molecule has 0 spiro atoms. The van der Waals surface area contributed by atoms with Gasteiger partial charge in [0.2, 0.25) is 0 Å². The van der Waals surface area contributed by atoms with Crippen LogP contribution in [0.1, 0.15) is 12.0 Å². The normalized spacial score (nSPS) is 17.1. The zero-order chi connectivity index (χ0) is 11.7. The Morgan fingerprint density at radius 3 is 2.94 bits per heavy atom. The van der Waals surface area contributed by atoms with Crippen molar-refractivity contribution in [2.24, 2.45) is 0 Å². The largest absolute Gasteiger partial charge is 0.302 e. The Morgan fingerprint density at radius 1 is 1.24 bits per heavy atom. The van der Waals surface area contributed by atoms with Gasteiger partial charge in [0, 0.05) is 24.7 Å². The van der Waals surface area contributed by atoms with Gasteiger partial charge in [0.25, 0.3) is 0 Å². The summed E-state index contributed by atoms with van der Waals surface area (Å²) in [7, 11) is 2.16. The minimum Gasteiger partial charge on any atom is -0.302 e. The molecule has 2 nitrogen and oxygen atoms in total. The van der Waals surface area contributed by atoms with Crippen molar-refractivity contribution in [2.45, 2.75) is 6.42 Å². The molecule has 0 radical (unpaired) electrons. The van der Waals surface area contributed by atoms with Crippen molar-refractivity contribution < 1.29 is 0 Å².